The van der Waals surface area contributed by atoms with Gasteiger partial charge in [-0.1, -0.05) is 6.92 Å². The summed E-state index contributed by atoms with van der Waals surface area (Å²) in [4.78, 5) is 25.5. The van der Waals surface area contributed by atoms with Gasteiger partial charge in [-0.2, -0.15) is 13.2 Å². The minimum absolute atomic E-state index is 0. The van der Waals surface area contributed by atoms with E-state index in [4.69, 9.17) is 0 Å². The Bertz CT molecular complexity index is 708. The van der Waals surface area contributed by atoms with Crippen LogP contribution in [-0.2, 0) is 4.79 Å². The Morgan fingerprint density at radius 3 is 2.31 bits per heavy atom. The highest BCUT2D eigenvalue weighted by Gasteiger charge is 2.44. The fourth-order valence-corrected chi connectivity index (χ4v) is 3.36. The van der Waals surface area contributed by atoms with Crippen LogP contribution >= 0.6 is 12.4 Å². The van der Waals surface area contributed by atoms with Crippen LogP contribution in [-0.4, -0.2) is 61.7 Å². The Kier molecular flexibility index (Phi) is 7.90. The van der Waals surface area contributed by atoms with Gasteiger partial charge < -0.3 is 16.0 Å². The minimum Gasteiger partial charge on any atom is -0.350 e. The molecule has 0 bridgehead atoms. The number of halogens is 4. The summed E-state index contributed by atoms with van der Waals surface area (Å²) in [5, 5.41) is 8.19. The average molecular weight is 435 g/mol. The van der Waals surface area contributed by atoms with Crippen molar-refractivity contribution in [3.05, 3.63) is 29.8 Å². The largest absolute Gasteiger partial charge is 0.405 e. The summed E-state index contributed by atoms with van der Waals surface area (Å²) in [7, 11) is 0. The van der Waals surface area contributed by atoms with Gasteiger partial charge in [-0.15, -0.1) is 12.4 Å². The van der Waals surface area contributed by atoms with E-state index in [-0.39, 0.29) is 42.9 Å². The topological polar surface area (TPSA) is 73.5 Å². The van der Waals surface area contributed by atoms with Crippen LogP contribution in [0, 0.1) is 11.8 Å². The lowest BCUT2D eigenvalue weighted by atomic mass is 10.1. The number of anilines is 1. The highest BCUT2D eigenvalue weighted by molar-refractivity contribution is 5.97. The second-order valence-corrected chi connectivity index (χ2v) is 7.44. The lowest BCUT2D eigenvalue weighted by Crippen LogP contribution is -2.57. The molecule has 1 aromatic rings. The Labute approximate surface area is 174 Å². The SMILES string of the molecule is CC1CC1C(=O)Nc1ccc(C(=O)NCC(N2CCNCC2)C(F)(F)F)cc1.Cl. The molecule has 1 aliphatic heterocycles. The summed E-state index contributed by atoms with van der Waals surface area (Å²) in [6.07, 6.45) is -3.54. The second-order valence-electron chi connectivity index (χ2n) is 7.44. The molecule has 2 amide bonds. The molecular weight excluding hydrogens is 409 g/mol. The molecule has 0 radical (unpaired) electrons. The molecule has 0 spiro atoms. The number of nitrogens with zero attached hydrogens (tertiary/aromatic N) is 1. The summed E-state index contributed by atoms with van der Waals surface area (Å²) >= 11 is 0. The lowest BCUT2D eigenvalue weighted by Gasteiger charge is -2.35. The van der Waals surface area contributed by atoms with Crippen LogP contribution in [0.25, 0.3) is 0 Å². The molecule has 162 valence electrons. The maximum atomic E-state index is 13.4. The number of alkyl halides is 3. The van der Waals surface area contributed by atoms with Gasteiger partial charge in [0.15, 0.2) is 0 Å². The minimum atomic E-state index is -4.42. The van der Waals surface area contributed by atoms with E-state index in [0.29, 0.717) is 24.7 Å². The number of benzene rings is 1. The van der Waals surface area contributed by atoms with E-state index in [2.05, 4.69) is 16.0 Å². The van der Waals surface area contributed by atoms with Crippen molar-refractivity contribution in [1.82, 2.24) is 15.5 Å². The normalized spacial score (nSPS) is 22.9. The lowest BCUT2D eigenvalue weighted by molar-refractivity contribution is -0.183. The summed E-state index contributed by atoms with van der Waals surface area (Å²) in [5.41, 5.74) is 0.814. The molecule has 2 aliphatic rings. The van der Waals surface area contributed by atoms with Crippen LogP contribution in [0.4, 0.5) is 18.9 Å². The zero-order valence-electron chi connectivity index (χ0n) is 16.1. The molecule has 1 saturated heterocycles. The van der Waals surface area contributed by atoms with Crippen LogP contribution < -0.4 is 16.0 Å². The Morgan fingerprint density at radius 2 is 1.79 bits per heavy atom. The number of carbonyl (C=O) groups is 2. The zero-order chi connectivity index (χ0) is 20.3. The Balaban J connectivity index is 0.00000300. The van der Waals surface area contributed by atoms with Gasteiger partial charge in [-0.3, -0.25) is 14.5 Å². The number of piperazine rings is 1. The van der Waals surface area contributed by atoms with E-state index in [0.717, 1.165) is 6.42 Å². The van der Waals surface area contributed by atoms with Crippen molar-refractivity contribution < 1.29 is 22.8 Å². The molecule has 1 aromatic carbocycles. The smallest absolute Gasteiger partial charge is 0.350 e. The summed E-state index contributed by atoms with van der Waals surface area (Å²) < 4.78 is 40.1. The molecule has 1 heterocycles. The van der Waals surface area contributed by atoms with Gasteiger partial charge in [-0.05, 0) is 36.6 Å². The maximum Gasteiger partial charge on any atom is 0.405 e. The van der Waals surface area contributed by atoms with Gasteiger partial charge in [0.2, 0.25) is 5.91 Å². The predicted octanol–water partition coefficient (Wildman–Crippen LogP) is 2.27. The van der Waals surface area contributed by atoms with Crippen molar-refractivity contribution in [1.29, 1.82) is 0 Å². The molecule has 3 unspecified atom stereocenters. The number of carbonyl (C=O) groups excluding carboxylic acids is 2. The van der Waals surface area contributed by atoms with Crippen molar-refractivity contribution in [2.45, 2.75) is 25.6 Å². The van der Waals surface area contributed by atoms with Crippen LogP contribution in [0.1, 0.15) is 23.7 Å². The monoisotopic (exact) mass is 434 g/mol. The van der Waals surface area contributed by atoms with E-state index in [1.807, 2.05) is 6.92 Å². The van der Waals surface area contributed by atoms with Crippen molar-refractivity contribution in [2.24, 2.45) is 11.8 Å². The third-order valence-electron chi connectivity index (χ3n) is 5.29. The molecule has 2 fully saturated rings. The van der Waals surface area contributed by atoms with E-state index in [1.165, 1.54) is 17.0 Å². The standard InChI is InChI=1S/C19H25F3N4O2.ClH/c1-12-10-15(12)18(28)25-14-4-2-13(3-5-14)17(27)24-11-16(19(20,21)22)26-8-6-23-7-9-26;/h2-5,12,15-16,23H,6-11H2,1H3,(H,24,27)(H,25,28);1H. The van der Waals surface area contributed by atoms with Crippen molar-refractivity contribution in [3.63, 3.8) is 0 Å². The van der Waals surface area contributed by atoms with Crippen LogP contribution in [0.5, 0.6) is 0 Å². The molecular formula is C19H26ClF3N4O2. The van der Waals surface area contributed by atoms with E-state index < -0.39 is 24.7 Å². The van der Waals surface area contributed by atoms with Crippen LogP contribution in [0.2, 0.25) is 0 Å². The average Bonchev–Trinajstić information content (AvgIpc) is 3.39. The van der Waals surface area contributed by atoms with Gasteiger partial charge in [-0.25, -0.2) is 0 Å². The number of amides is 2. The number of nitrogens with one attached hydrogen (secondary N) is 3. The first-order valence-electron chi connectivity index (χ1n) is 9.46. The predicted molar refractivity (Wildman–Crippen MR) is 106 cm³/mol. The molecule has 0 aromatic heterocycles. The molecule has 10 heteroatoms. The molecule has 29 heavy (non-hydrogen) atoms. The van der Waals surface area contributed by atoms with Gasteiger partial charge in [0.25, 0.3) is 5.91 Å². The first kappa shape index (κ1) is 23.4. The van der Waals surface area contributed by atoms with Crippen LogP contribution in [0.15, 0.2) is 24.3 Å². The maximum absolute atomic E-state index is 13.4. The quantitative estimate of drug-likeness (QED) is 0.642. The summed E-state index contributed by atoms with van der Waals surface area (Å²) in [6, 6.07) is 4.44. The molecule has 3 N–H and O–H groups in total. The molecule has 1 aliphatic carbocycles. The van der Waals surface area contributed by atoms with E-state index in [1.54, 1.807) is 12.1 Å². The first-order valence-corrected chi connectivity index (χ1v) is 9.46. The summed E-state index contributed by atoms with van der Waals surface area (Å²) in [5.74, 6) is -0.193. The van der Waals surface area contributed by atoms with Crippen LogP contribution in [0.3, 0.4) is 0 Å². The Hall–Kier alpha value is -1.84. The van der Waals surface area contributed by atoms with E-state index in [9.17, 15) is 22.8 Å². The first-order chi connectivity index (χ1) is 13.3. The third kappa shape index (κ3) is 6.32. The fraction of sp³-hybridized carbons (Fsp3) is 0.579. The highest BCUT2D eigenvalue weighted by Crippen LogP contribution is 2.38. The third-order valence-corrected chi connectivity index (χ3v) is 5.29. The van der Waals surface area contributed by atoms with Crippen molar-refractivity contribution in [2.75, 3.05) is 38.0 Å². The van der Waals surface area contributed by atoms with Crippen molar-refractivity contribution in [3.8, 4) is 0 Å². The molecule has 3 rings (SSSR count). The highest BCUT2D eigenvalue weighted by atomic mass is 35.5. The van der Waals surface area contributed by atoms with Gasteiger partial charge in [0.1, 0.15) is 6.04 Å². The zero-order valence-corrected chi connectivity index (χ0v) is 16.9. The number of hydrogen-bond donors (Lipinski definition) is 3. The second kappa shape index (κ2) is 9.77. The Morgan fingerprint density at radius 1 is 1.21 bits per heavy atom. The molecule has 3 atom stereocenters. The molecule has 1 saturated carbocycles. The van der Waals surface area contributed by atoms with Gasteiger partial charge >= 0.3 is 6.18 Å². The number of hydrogen-bond acceptors (Lipinski definition) is 4. The summed E-state index contributed by atoms with van der Waals surface area (Å²) in [6.45, 7) is 3.06. The van der Waals surface area contributed by atoms with E-state index >= 15 is 0 Å². The molecule has 6 nitrogen and oxygen atoms in total. The van der Waals surface area contributed by atoms with Gasteiger partial charge in [0.05, 0.1) is 0 Å². The number of rotatable bonds is 6. The fourth-order valence-electron chi connectivity index (χ4n) is 3.36. The van der Waals surface area contributed by atoms with Crippen molar-refractivity contribution >= 4 is 29.9 Å². The van der Waals surface area contributed by atoms with Gasteiger partial charge in [0, 0.05) is 49.9 Å².